The fourth-order valence-electron chi connectivity index (χ4n) is 2.16. The van der Waals surface area contributed by atoms with Gasteiger partial charge in [0.25, 0.3) is 0 Å². The first-order valence-corrected chi connectivity index (χ1v) is 8.18. The number of nitrogens with one attached hydrogen (secondary N) is 2. The van der Waals surface area contributed by atoms with E-state index in [9.17, 15) is 5.11 Å². The highest BCUT2D eigenvalue weighted by atomic mass is 35.5. The van der Waals surface area contributed by atoms with Gasteiger partial charge >= 0.3 is 0 Å². The van der Waals surface area contributed by atoms with Crippen LogP contribution in [0.15, 0.2) is 59.6 Å². The van der Waals surface area contributed by atoms with Crippen LogP contribution in [0.2, 0.25) is 5.02 Å². The Bertz CT molecular complexity index is 950. The van der Waals surface area contributed by atoms with Crippen molar-refractivity contribution in [3.05, 3.63) is 71.3 Å². The van der Waals surface area contributed by atoms with E-state index < -0.39 is 0 Å². The van der Waals surface area contributed by atoms with Crippen LogP contribution in [0.5, 0.6) is 5.75 Å². The summed E-state index contributed by atoms with van der Waals surface area (Å²) in [7, 11) is 0. The molecule has 0 radical (unpaired) electrons. The van der Waals surface area contributed by atoms with Crippen molar-refractivity contribution in [3.63, 3.8) is 0 Å². The zero-order chi connectivity index (χ0) is 18.4. The average Bonchev–Trinajstić information content (AvgIpc) is 3.06. The van der Waals surface area contributed by atoms with E-state index in [-0.39, 0.29) is 5.75 Å². The molecule has 1 heterocycles. The molecule has 0 saturated heterocycles. The number of aromatic amines is 1. The Hall–Kier alpha value is -3.32. The number of aromatic nitrogens is 3. The van der Waals surface area contributed by atoms with Crippen LogP contribution in [0.1, 0.15) is 11.6 Å². The van der Waals surface area contributed by atoms with Crippen LogP contribution in [0.4, 0.5) is 11.4 Å². The fraction of sp³-hybridized carbons (Fsp3) is 0.0556. The number of amidine groups is 1. The number of benzene rings is 2. The molecule has 132 valence electrons. The minimum atomic E-state index is 0.200. The lowest BCUT2D eigenvalue weighted by Crippen LogP contribution is -2.06. The first-order valence-electron chi connectivity index (χ1n) is 7.80. The van der Waals surface area contributed by atoms with Gasteiger partial charge in [-0.1, -0.05) is 23.7 Å². The SMILES string of the molecule is NC(/C=C\c1n[nH]c(CNc2cccc(O)c2)n1)=Nc1cccc(Cl)c1. The summed E-state index contributed by atoms with van der Waals surface area (Å²) in [5.74, 6) is 1.66. The Morgan fingerprint density at radius 2 is 2.12 bits per heavy atom. The van der Waals surface area contributed by atoms with Gasteiger partial charge in [0.05, 0.1) is 12.2 Å². The minimum absolute atomic E-state index is 0.200. The van der Waals surface area contributed by atoms with Crippen molar-refractivity contribution in [2.24, 2.45) is 10.7 Å². The summed E-state index contributed by atoms with van der Waals surface area (Å²) >= 11 is 5.91. The molecular formula is C18H17ClN6O. The molecule has 8 heteroatoms. The van der Waals surface area contributed by atoms with E-state index in [4.69, 9.17) is 17.3 Å². The molecule has 0 fully saturated rings. The smallest absolute Gasteiger partial charge is 0.174 e. The van der Waals surface area contributed by atoms with Gasteiger partial charge in [0, 0.05) is 16.8 Å². The van der Waals surface area contributed by atoms with Crippen LogP contribution >= 0.6 is 11.6 Å². The summed E-state index contributed by atoms with van der Waals surface area (Å²) in [6.45, 7) is 0.441. The molecule has 0 aliphatic heterocycles. The van der Waals surface area contributed by atoms with Crippen LogP contribution in [-0.2, 0) is 6.54 Å². The van der Waals surface area contributed by atoms with Crippen molar-refractivity contribution in [3.8, 4) is 5.75 Å². The number of rotatable bonds is 6. The number of anilines is 1. The maximum atomic E-state index is 9.44. The highest BCUT2D eigenvalue weighted by molar-refractivity contribution is 6.30. The Balaban J connectivity index is 1.59. The number of phenolic OH excluding ortho intramolecular Hbond substituents is 1. The van der Waals surface area contributed by atoms with Crippen molar-refractivity contribution in [1.29, 1.82) is 0 Å². The van der Waals surface area contributed by atoms with Crippen molar-refractivity contribution in [2.45, 2.75) is 6.54 Å². The number of hydrogen-bond acceptors (Lipinski definition) is 5. The molecule has 2 aromatic carbocycles. The number of phenols is 1. The summed E-state index contributed by atoms with van der Waals surface area (Å²) < 4.78 is 0. The number of hydrogen-bond donors (Lipinski definition) is 4. The van der Waals surface area contributed by atoms with Gasteiger partial charge in [-0.25, -0.2) is 9.98 Å². The second-order valence-corrected chi connectivity index (χ2v) is 5.83. The van der Waals surface area contributed by atoms with Crippen molar-refractivity contribution >= 4 is 34.9 Å². The molecule has 3 aromatic rings. The summed E-state index contributed by atoms with van der Waals surface area (Å²) in [5, 5.41) is 20.1. The maximum Gasteiger partial charge on any atom is 0.174 e. The number of H-pyrrole nitrogens is 1. The van der Waals surface area contributed by atoms with Crippen LogP contribution in [-0.4, -0.2) is 26.1 Å². The lowest BCUT2D eigenvalue weighted by atomic mass is 10.3. The van der Waals surface area contributed by atoms with Crippen LogP contribution in [0, 0.1) is 0 Å². The molecule has 1 aromatic heterocycles. The van der Waals surface area contributed by atoms with E-state index in [0.29, 0.717) is 34.7 Å². The first-order chi connectivity index (χ1) is 12.6. The number of aromatic hydroxyl groups is 1. The van der Waals surface area contributed by atoms with E-state index in [1.165, 1.54) is 0 Å². The Morgan fingerprint density at radius 3 is 2.92 bits per heavy atom. The van der Waals surface area contributed by atoms with E-state index in [1.807, 2.05) is 12.1 Å². The molecule has 0 aliphatic rings. The molecule has 0 spiro atoms. The van der Waals surface area contributed by atoms with Gasteiger partial charge in [0.2, 0.25) is 0 Å². The fourth-order valence-corrected chi connectivity index (χ4v) is 2.34. The first kappa shape index (κ1) is 17.5. The largest absolute Gasteiger partial charge is 0.508 e. The van der Waals surface area contributed by atoms with E-state index in [0.717, 1.165) is 5.69 Å². The third-order valence-electron chi connectivity index (χ3n) is 3.32. The van der Waals surface area contributed by atoms with Crippen LogP contribution in [0.3, 0.4) is 0 Å². The Labute approximate surface area is 155 Å². The molecule has 0 saturated carbocycles. The molecule has 0 aliphatic carbocycles. The molecule has 26 heavy (non-hydrogen) atoms. The summed E-state index contributed by atoms with van der Waals surface area (Å²) in [6.07, 6.45) is 3.29. The standard InChI is InChI=1S/C18H17ClN6O/c19-12-3-1-5-14(9-12)22-16(20)7-8-17-23-18(25-24-17)11-21-13-4-2-6-15(26)10-13/h1-10,21,26H,11H2,(H2,20,22)(H,23,24,25)/b8-7-. The third-order valence-corrected chi connectivity index (χ3v) is 3.56. The van der Waals surface area contributed by atoms with Crippen molar-refractivity contribution in [2.75, 3.05) is 5.32 Å². The van der Waals surface area contributed by atoms with Gasteiger partial charge in [0.15, 0.2) is 5.82 Å². The predicted molar refractivity (Wildman–Crippen MR) is 104 cm³/mol. The third kappa shape index (κ3) is 5.09. The zero-order valence-electron chi connectivity index (χ0n) is 13.7. The molecular weight excluding hydrogens is 352 g/mol. The number of nitrogens with zero attached hydrogens (tertiary/aromatic N) is 3. The van der Waals surface area contributed by atoms with Crippen molar-refractivity contribution in [1.82, 2.24) is 15.2 Å². The Kier molecular flexibility index (Phi) is 5.50. The van der Waals surface area contributed by atoms with Gasteiger partial charge in [-0.05, 0) is 42.5 Å². The second kappa shape index (κ2) is 8.17. The van der Waals surface area contributed by atoms with E-state index in [1.54, 1.807) is 48.6 Å². The molecule has 0 unspecified atom stereocenters. The molecule has 3 rings (SSSR count). The highest BCUT2D eigenvalue weighted by Crippen LogP contribution is 2.18. The quantitative estimate of drug-likeness (QED) is 0.393. The molecule has 0 amide bonds. The normalized spacial score (nSPS) is 11.8. The zero-order valence-corrected chi connectivity index (χ0v) is 14.5. The topological polar surface area (TPSA) is 112 Å². The van der Waals surface area contributed by atoms with Crippen LogP contribution < -0.4 is 11.1 Å². The van der Waals surface area contributed by atoms with Gasteiger partial charge in [-0.2, -0.15) is 5.10 Å². The average molecular weight is 369 g/mol. The van der Waals surface area contributed by atoms with Gasteiger partial charge < -0.3 is 16.2 Å². The van der Waals surface area contributed by atoms with Gasteiger partial charge in [0.1, 0.15) is 17.4 Å². The van der Waals surface area contributed by atoms with Gasteiger partial charge in [-0.15, -0.1) is 0 Å². The van der Waals surface area contributed by atoms with Crippen molar-refractivity contribution < 1.29 is 5.11 Å². The summed E-state index contributed by atoms with van der Waals surface area (Å²) in [5.41, 5.74) is 7.34. The van der Waals surface area contributed by atoms with E-state index in [2.05, 4.69) is 25.5 Å². The van der Waals surface area contributed by atoms with Gasteiger partial charge in [-0.3, -0.25) is 5.10 Å². The Morgan fingerprint density at radius 1 is 1.27 bits per heavy atom. The van der Waals surface area contributed by atoms with Crippen LogP contribution in [0.25, 0.3) is 6.08 Å². The highest BCUT2D eigenvalue weighted by Gasteiger charge is 2.01. The van der Waals surface area contributed by atoms with E-state index >= 15 is 0 Å². The molecule has 0 atom stereocenters. The summed E-state index contributed by atoms with van der Waals surface area (Å²) in [6, 6.07) is 14.0. The monoisotopic (exact) mass is 368 g/mol. The second-order valence-electron chi connectivity index (χ2n) is 5.39. The summed E-state index contributed by atoms with van der Waals surface area (Å²) in [4.78, 5) is 8.58. The lowest BCUT2D eigenvalue weighted by molar-refractivity contribution is 0.475. The lowest BCUT2D eigenvalue weighted by Gasteiger charge is -2.03. The number of nitrogens with two attached hydrogens (primary N) is 1. The minimum Gasteiger partial charge on any atom is -0.508 e. The molecule has 5 N–H and O–H groups in total. The molecule has 7 nitrogen and oxygen atoms in total. The number of aliphatic imine (C=N–C) groups is 1. The number of halogens is 1. The predicted octanol–water partition coefficient (Wildman–Crippen LogP) is 3.48. The maximum absolute atomic E-state index is 9.44. The molecule has 0 bridgehead atoms.